The Balaban J connectivity index is 1.71. The van der Waals surface area contributed by atoms with E-state index in [1.54, 1.807) is 6.08 Å². The fraction of sp³-hybridized carbons (Fsp3) is 0.652. The second-order valence-electron chi connectivity index (χ2n) is 9.73. The van der Waals surface area contributed by atoms with Gasteiger partial charge in [0.15, 0.2) is 12.4 Å². The van der Waals surface area contributed by atoms with Crippen LogP contribution in [0.25, 0.3) is 0 Å². The van der Waals surface area contributed by atoms with E-state index in [0.717, 1.165) is 5.57 Å². The molecule has 0 heterocycles. The molecule has 0 aromatic carbocycles. The Bertz CT molecular complexity index is 905. The van der Waals surface area contributed by atoms with Crippen LogP contribution in [0.1, 0.15) is 46.5 Å². The van der Waals surface area contributed by atoms with Gasteiger partial charge in [0, 0.05) is 30.1 Å². The summed E-state index contributed by atoms with van der Waals surface area (Å²) in [5.41, 5.74) is -2.51. The van der Waals surface area contributed by atoms with Gasteiger partial charge in [-0.2, -0.15) is 0 Å². The van der Waals surface area contributed by atoms with Gasteiger partial charge in [-0.05, 0) is 48.8 Å². The number of fused-ring (bicyclic) bond motifs is 5. The minimum absolute atomic E-state index is 0.0182. The zero-order chi connectivity index (χ0) is 22.1. The van der Waals surface area contributed by atoms with E-state index >= 15 is 0 Å². The Morgan fingerprint density at radius 3 is 2.67 bits per heavy atom. The van der Waals surface area contributed by atoms with E-state index in [-0.39, 0.29) is 47.5 Å². The van der Waals surface area contributed by atoms with E-state index < -0.39 is 34.8 Å². The summed E-state index contributed by atoms with van der Waals surface area (Å²) in [5.74, 6) is -1.79. The molecule has 4 aliphatic carbocycles. The molecule has 0 aromatic heterocycles. The summed E-state index contributed by atoms with van der Waals surface area (Å²) < 4.78 is 4.85. The van der Waals surface area contributed by atoms with E-state index in [4.69, 9.17) is 16.3 Å². The number of hydrogen-bond acceptors (Lipinski definition) is 6. The molecule has 4 rings (SSSR count). The van der Waals surface area contributed by atoms with Crippen molar-refractivity contribution in [1.29, 1.82) is 0 Å². The zero-order valence-corrected chi connectivity index (χ0v) is 18.2. The Labute approximate surface area is 180 Å². The lowest BCUT2D eigenvalue weighted by Gasteiger charge is -2.57. The number of carbonyl (C=O) groups excluding carboxylic acids is 4. The number of Topliss-reactive ketones (excluding diaryl/α,β-unsaturated/α-hetero) is 2. The molecule has 4 aliphatic rings. The fourth-order valence-corrected chi connectivity index (χ4v) is 7.30. The van der Waals surface area contributed by atoms with E-state index in [0.29, 0.717) is 12.8 Å². The summed E-state index contributed by atoms with van der Waals surface area (Å²) in [7, 11) is 0. The van der Waals surface area contributed by atoms with Crippen molar-refractivity contribution in [3.63, 3.8) is 0 Å². The number of allylic oxidation sites excluding steroid dienone is 4. The molecule has 0 spiro atoms. The highest BCUT2D eigenvalue weighted by atomic mass is 35.5. The number of halogens is 1. The summed E-state index contributed by atoms with van der Waals surface area (Å²) in [6, 6.07) is 0. The minimum atomic E-state index is -1.72. The summed E-state index contributed by atoms with van der Waals surface area (Å²) in [6.07, 6.45) is 6.28. The molecule has 1 N–H and O–H groups in total. The largest absolute Gasteiger partial charge is 0.458 e. The van der Waals surface area contributed by atoms with Gasteiger partial charge in [0.1, 0.15) is 11.4 Å². The molecule has 0 aromatic rings. The van der Waals surface area contributed by atoms with Crippen molar-refractivity contribution >= 4 is 34.9 Å². The Hall–Kier alpha value is -1.79. The fourth-order valence-electron chi connectivity index (χ4n) is 6.79. The molecular formula is C23H27ClO6. The number of ketones is 3. The van der Waals surface area contributed by atoms with Gasteiger partial charge in [0.2, 0.25) is 5.78 Å². The van der Waals surface area contributed by atoms with Crippen LogP contribution in [0.4, 0.5) is 0 Å². The van der Waals surface area contributed by atoms with Gasteiger partial charge >= 0.3 is 5.97 Å². The minimum Gasteiger partial charge on any atom is -0.458 e. The molecule has 0 saturated heterocycles. The monoisotopic (exact) mass is 434 g/mol. The number of aliphatic hydroxyl groups is 1. The maximum absolute atomic E-state index is 13.5. The van der Waals surface area contributed by atoms with Crippen LogP contribution in [0.15, 0.2) is 23.8 Å². The number of carbonyl (C=O) groups is 4. The van der Waals surface area contributed by atoms with Crippen molar-refractivity contribution in [2.24, 2.45) is 28.6 Å². The molecule has 0 bridgehead atoms. The van der Waals surface area contributed by atoms with E-state index in [1.165, 1.54) is 13.0 Å². The summed E-state index contributed by atoms with van der Waals surface area (Å²) >= 11 is 6.71. The first-order valence-electron chi connectivity index (χ1n) is 10.4. The standard InChI is InChI=1S/C23H27ClO6/c1-12(25)30-11-19(28)23(29)7-5-15-14-9-17(24)16-8-13(26)4-6-21(16,2)20(14)18(27)10-22(15,23)3/h4,6,8,14-15,17,20,29H,5,7,9-11H2,1-3H3/t14-,15-,17+,20+,21-,22-,23-/m0/s1. The topological polar surface area (TPSA) is 97.7 Å². The van der Waals surface area contributed by atoms with Gasteiger partial charge in [0.05, 0.1) is 5.38 Å². The normalized spacial score (nSPS) is 44.6. The first-order chi connectivity index (χ1) is 13.9. The van der Waals surface area contributed by atoms with E-state index in [1.807, 2.05) is 19.9 Å². The first-order valence-corrected chi connectivity index (χ1v) is 10.9. The lowest BCUT2D eigenvalue weighted by Crippen LogP contribution is -2.61. The molecule has 3 saturated carbocycles. The van der Waals surface area contributed by atoms with Crippen molar-refractivity contribution < 1.29 is 29.0 Å². The smallest absolute Gasteiger partial charge is 0.303 e. The molecule has 30 heavy (non-hydrogen) atoms. The van der Waals surface area contributed by atoms with E-state index in [9.17, 15) is 24.3 Å². The van der Waals surface area contributed by atoms with Gasteiger partial charge in [-0.1, -0.05) is 19.9 Å². The van der Waals surface area contributed by atoms with Gasteiger partial charge in [0.25, 0.3) is 0 Å². The molecular weight excluding hydrogens is 408 g/mol. The Kier molecular flexibility index (Phi) is 4.90. The molecule has 3 fully saturated rings. The van der Waals surface area contributed by atoms with Crippen molar-refractivity contribution in [3.05, 3.63) is 23.8 Å². The molecule has 162 valence electrons. The van der Waals surface area contributed by atoms with Gasteiger partial charge in [-0.25, -0.2) is 0 Å². The first kappa shape index (κ1) is 21.4. The number of rotatable bonds is 3. The molecule has 0 aliphatic heterocycles. The van der Waals surface area contributed by atoms with Crippen LogP contribution < -0.4 is 0 Å². The van der Waals surface area contributed by atoms with Crippen molar-refractivity contribution in [1.82, 2.24) is 0 Å². The van der Waals surface area contributed by atoms with Gasteiger partial charge in [-0.15, -0.1) is 11.6 Å². The number of hydrogen-bond donors (Lipinski definition) is 1. The molecule has 7 atom stereocenters. The molecule has 0 amide bonds. The van der Waals surface area contributed by atoms with Crippen molar-refractivity contribution in [3.8, 4) is 0 Å². The number of ether oxygens (including phenoxy) is 1. The van der Waals surface area contributed by atoms with Crippen LogP contribution in [0.5, 0.6) is 0 Å². The van der Waals surface area contributed by atoms with Crippen LogP contribution in [0.3, 0.4) is 0 Å². The predicted octanol–water partition coefficient (Wildman–Crippen LogP) is 2.55. The Morgan fingerprint density at radius 1 is 1.30 bits per heavy atom. The van der Waals surface area contributed by atoms with Crippen LogP contribution in [0.2, 0.25) is 0 Å². The summed E-state index contributed by atoms with van der Waals surface area (Å²) in [6.45, 7) is 4.48. The molecule has 0 radical (unpaired) electrons. The summed E-state index contributed by atoms with van der Waals surface area (Å²) in [5, 5.41) is 11.1. The maximum atomic E-state index is 13.5. The second-order valence-corrected chi connectivity index (χ2v) is 10.3. The third-order valence-corrected chi connectivity index (χ3v) is 8.67. The highest BCUT2D eigenvalue weighted by Gasteiger charge is 2.69. The molecule has 7 heteroatoms. The van der Waals surface area contributed by atoms with E-state index in [2.05, 4.69) is 0 Å². The Morgan fingerprint density at radius 2 is 2.00 bits per heavy atom. The third-order valence-electron chi connectivity index (χ3n) is 8.26. The van der Waals surface area contributed by atoms with Gasteiger partial charge < -0.3 is 9.84 Å². The quantitative estimate of drug-likeness (QED) is 0.541. The predicted molar refractivity (Wildman–Crippen MR) is 109 cm³/mol. The lowest BCUT2D eigenvalue weighted by molar-refractivity contribution is -0.172. The van der Waals surface area contributed by atoms with Crippen LogP contribution >= 0.6 is 11.6 Å². The molecule has 6 nitrogen and oxygen atoms in total. The highest BCUT2D eigenvalue weighted by Crippen LogP contribution is 2.66. The summed E-state index contributed by atoms with van der Waals surface area (Å²) in [4.78, 5) is 49.4. The van der Waals surface area contributed by atoms with Crippen molar-refractivity contribution in [2.75, 3.05) is 6.61 Å². The van der Waals surface area contributed by atoms with Crippen LogP contribution in [-0.2, 0) is 23.9 Å². The average Bonchev–Trinajstić information content (AvgIpc) is 2.93. The van der Waals surface area contributed by atoms with Crippen LogP contribution in [-0.4, -0.2) is 46.0 Å². The van der Waals surface area contributed by atoms with Gasteiger partial charge in [-0.3, -0.25) is 19.2 Å². The van der Waals surface area contributed by atoms with Crippen LogP contribution in [0, 0.1) is 28.6 Å². The number of esters is 1. The van der Waals surface area contributed by atoms with Crippen molar-refractivity contribution in [2.45, 2.75) is 57.4 Å². The average molecular weight is 435 g/mol. The molecule has 0 unspecified atom stereocenters. The highest BCUT2D eigenvalue weighted by molar-refractivity contribution is 6.23. The lowest BCUT2D eigenvalue weighted by atomic mass is 9.46. The SMILES string of the molecule is CC(=O)OCC(=O)[C@@]1(O)CC[C@H]2[C@@H]3C[C@@H](Cl)C4=CC(=O)C=C[C@]4(C)[C@H]3C(=O)C[C@@]21C. The second kappa shape index (κ2) is 6.86. The third kappa shape index (κ3) is 2.79. The zero-order valence-electron chi connectivity index (χ0n) is 17.4. The maximum Gasteiger partial charge on any atom is 0.303 e. The number of alkyl halides is 1.